The molecule has 0 atom stereocenters. The van der Waals surface area contributed by atoms with Crippen LogP contribution in [-0.4, -0.2) is 21.5 Å². The summed E-state index contributed by atoms with van der Waals surface area (Å²) < 4.78 is 1.44. The van der Waals surface area contributed by atoms with E-state index in [1.54, 1.807) is 12.3 Å². The first-order chi connectivity index (χ1) is 7.25. The third-order valence-electron chi connectivity index (χ3n) is 2.30. The highest BCUT2D eigenvalue weighted by Crippen LogP contribution is 2.18. The Labute approximate surface area is 87.1 Å². The molecule has 1 N–H and O–H groups in total. The van der Waals surface area contributed by atoms with Crippen LogP contribution >= 0.6 is 0 Å². The number of rotatable bonds is 4. The highest BCUT2D eigenvalue weighted by Gasteiger charge is 2.22. The average molecular weight is 207 g/mol. The zero-order chi connectivity index (χ0) is 10.7. The van der Waals surface area contributed by atoms with Crippen LogP contribution < -0.4 is 11.0 Å². The van der Waals surface area contributed by atoms with Crippen molar-refractivity contribution in [2.24, 2.45) is 0 Å². The first-order valence-corrected chi connectivity index (χ1v) is 5.06. The zero-order valence-electron chi connectivity index (χ0n) is 8.35. The van der Waals surface area contributed by atoms with Gasteiger partial charge in [-0.3, -0.25) is 9.36 Å². The van der Waals surface area contributed by atoms with Gasteiger partial charge in [-0.25, -0.2) is 9.78 Å². The highest BCUT2D eigenvalue weighted by atomic mass is 16.2. The van der Waals surface area contributed by atoms with E-state index in [9.17, 15) is 9.59 Å². The van der Waals surface area contributed by atoms with Crippen LogP contribution in [0.4, 0.5) is 0 Å². The van der Waals surface area contributed by atoms with E-state index in [0.29, 0.717) is 19.0 Å². The number of aromatic nitrogens is 2. The van der Waals surface area contributed by atoms with Crippen LogP contribution in [0, 0.1) is 0 Å². The summed E-state index contributed by atoms with van der Waals surface area (Å²) in [7, 11) is 0. The second-order valence-electron chi connectivity index (χ2n) is 3.69. The van der Waals surface area contributed by atoms with E-state index >= 15 is 0 Å². The van der Waals surface area contributed by atoms with Gasteiger partial charge in [0.2, 0.25) is 5.91 Å². The molecule has 1 amide bonds. The minimum Gasteiger partial charge on any atom is -0.353 e. The van der Waals surface area contributed by atoms with Gasteiger partial charge < -0.3 is 5.32 Å². The monoisotopic (exact) mass is 207 g/mol. The SMILES string of the molecule is O=C(CCn1cccnc1=O)NC1CC1. The summed E-state index contributed by atoms with van der Waals surface area (Å²) in [5.74, 6) is 0.00764. The lowest BCUT2D eigenvalue weighted by molar-refractivity contribution is -0.121. The lowest BCUT2D eigenvalue weighted by Gasteiger charge is -2.04. The van der Waals surface area contributed by atoms with Crippen molar-refractivity contribution < 1.29 is 4.79 Å². The molecule has 1 heterocycles. The van der Waals surface area contributed by atoms with Gasteiger partial charge in [-0.1, -0.05) is 0 Å². The predicted octanol–water partition coefficient (Wildman–Crippen LogP) is -0.0880. The molecule has 0 unspecified atom stereocenters. The maximum Gasteiger partial charge on any atom is 0.347 e. The molecule has 2 rings (SSSR count). The third-order valence-corrected chi connectivity index (χ3v) is 2.30. The Bertz CT molecular complexity index is 409. The molecule has 15 heavy (non-hydrogen) atoms. The van der Waals surface area contributed by atoms with Crippen molar-refractivity contribution in [2.75, 3.05) is 0 Å². The standard InChI is InChI=1S/C10H13N3O2/c14-9(12-8-2-3-8)4-7-13-6-1-5-11-10(13)15/h1,5-6,8H,2-4,7H2,(H,12,14). The predicted molar refractivity (Wildman–Crippen MR) is 54.3 cm³/mol. The number of amides is 1. The molecule has 0 aromatic carbocycles. The largest absolute Gasteiger partial charge is 0.353 e. The zero-order valence-corrected chi connectivity index (χ0v) is 8.35. The maximum atomic E-state index is 11.3. The Hall–Kier alpha value is -1.65. The molecule has 1 aromatic rings. The first kappa shape index (κ1) is 9.89. The summed E-state index contributed by atoms with van der Waals surface area (Å²) >= 11 is 0. The van der Waals surface area contributed by atoms with E-state index in [2.05, 4.69) is 10.3 Å². The van der Waals surface area contributed by atoms with Crippen molar-refractivity contribution in [3.8, 4) is 0 Å². The molecule has 0 radical (unpaired) electrons. The molecule has 0 saturated heterocycles. The molecule has 1 aliphatic rings. The molecule has 0 spiro atoms. The minimum atomic E-state index is -0.309. The van der Waals surface area contributed by atoms with E-state index in [1.807, 2.05) is 0 Å². The first-order valence-electron chi connectivity index (χ1n) is 5.06. The normalized spacial score (nSPS) is 14.9. The Morgan fingerprint density at radius 2 is 2.40 bits per heavy atom. The van der Waals surface area contributed by atoms with Crippen molar-refractivity contribution in [3.63, 3.8) is 0 Å². The van der Waals surface area contributed by atoms with Crippen LogP contribution in [0.1, 0.15) is 19.3 Å². The molecule has 5 nitrogen and oxygen atoms in total. The Morgan fingerprint density at radius 1 is 1.60 bits per heavy atom. The lowest BCUT2D eigenvalue weighted by atomic mass is 10.4. The molecule has 1 aromatic heterocycles. The lowest BCUT2D eigenvalue weighted by Crippen LogP contribution is -2.29. The van der Waals surface area contributed by atoms with Crippen LogP contribution in [0.25, 0.3) is 0 Å². The number of nitrogens with one attached hydrogen (secondary N) is 1. The fourth-order valence-corrected chi connectivity index (χ4v) is 1.31. The highest BCUT2D eigenvalue weighted by molar-refractivity contribution is 5.76. The van der Waals surface area contributed by atoms with E-state index in [0.717, 1.165) is 12.8 Å². The second kappa shape index (κ2) is 4.25. The van der Waals surface area contributed by atoms with Gasteiger partial charge in [0.25, 0.3) is 0 Å². The second-order valence-corrected chi connectivity index (χ2v) is 3.69. The van der Waals surface area contributed by atoms with Crippen molar-refractivity contribution in [3.05, 3.63) is 28.9 Å². The molecule has 1 fully saturated rings. The quantitative estimate of drug-likeness (QED) is 0.750. The Kier molecular flexibility index (Phi) is 2.80. The van der Waals surface area contributed by atoms with E-state index in [-0.39, 0.29) is 11.6 Å². The maximum absolute atomic E-state index is 11.3. The van der Waals surface area contributed by atoms with Crippen molar-refractivity contribution in [1.82, 2.24) is 14.9 Å². The molecular weight excluding hydrogens is 194 g/mol. The van der Waals surface area contributed by atoms with Gasteiger partial charge in [-0.2, -0.15) is 0 Å². The number of aryl methyl sites for hydroxylation is 1. The number of nitrogens with zero attached hydrogens (tertiary/aromatic N) is 2. The van der Waals surface area contributed by atoms with Crippen LogP contribution in [-0.2, 0) is 11.3 Å². The van der Waals surface area contributed by atoms with E-state index < -0.39 is 0 Å². The molecular formula is C10H13N3O2. The summed E-state index contributed by atoms with van der Waals surface area (Å²) in [6, 6.07) is 2.06. The third kappa shape index (κ3) is 2.90. The number of hydrogen-bond acceptors (Lipinski definition) is 3. The molecule has 1 aliphatic carbocycles. The number of carbonyl (C=O) groups excluding carboxylic acids is 1. The van der Waals surface area contributed by atoms with Crippen molar-refractivity contribution >= 4 is 5.91 Å². The molecule has 80 valence electrons. The smallest absolute Gasteiger partial charge is 0.347 e. The number of carbonyl (C=O) groups is 1. The van der Waals surface area contributed by atoms with Gasteiger partial charge in [0.1, 0.15) is 0 Å². The summed E-state index contributed by atoms with van der Waals surface area (Å²) in [4.78, 5) is 26.1. The van der Waals surface area contributed by atoms with Gasteiger partial charge in [-0.15, -0.1) is 0 Å². The molecule has 5 heteroatoms. The summed E-state index contributed by atoms with van der Waals surface area (Å²) in [5, 5.41) is 2.87. The molecule has 0 aliphatic heterocycles. The van der Waals surface area contributed by atoms with Gasteiger partial charge in [0.15, 0.2) is 0 Å². The Balaban J connectivity index is 1.84. The molecule has 1 saturated carbocycles. The Morgan fingerprint density at radius 3 is 3.07 bits per heavy atom. The van der Waals surface area contributed by atoms with Crippen LogP contribution in [0.2, 0.25) is 0 Å². The summed E-state index contributed by atoms with van der Waals surface area (Å²) in [6.07, 6.45) is 5.59. The van der Waals surface area contributed by atoms with Crippen LogP contribution in [0.5, 0.6) is 0 Å². The molecule has 0 bridgehead atoms. The van der Waals surface area contributed by atoms with Gasteiger partial charge in [0.05, 0.1) is 0 Å². The van der Waals surface area contributed by atoms with E-state index in [4.69, 9.17) is 0 Å². The fraction of sp³-hybridized carbons (Fsp3) is 0.500. The average Bonchev–Trinajstić information content (AvgIpc) is 3.00. The van der Waals surface area contributed by atoms with E-state index in [1.165, 1.54) is 10.8 Å². The summed E-state index contributed by atoms with van der Waals surface area (Å²) in [6.45, 7) is 0.394. The summed E-state index contributed by atoms with van der Waals surface area (Å²) in [5.41, 5.74) is -0.309. The minimum absolute atomic E-state index is 0.00764. The van der Waals surface area contributed by atoms with Crippen molar-refractivity contribution in [2.45, 2.75) is 31.8 Å². The topological polar surface area (TPSA) is 64.0 Å². The van der Waals surface area contributed by atoms with Crippen LogP contribution in [0.3, 0.4) is 0 Å². The number of hydrogen-bond donors (Lipinski definition) is 1. The van der Waals surface area contributed by atoms with Gasteiger partial charge >= 0.3 is 5.69 Å². The van der Waals surface area contributed by atoms with Gasteiger partial charge in [-0.05, 0) is 18.9 Å². The fourth-order valence-electron chi connectivity index (χ4n) is 1.31. The van der Waals surface area contributed by atoms with Crippen molar-refractivity contribution in [1.29, 1.82) is 0 Å². The van der Waals surface area contributed by atoms with Gasteiger partial charge in [0, 0.05) is 31.4 Å². The van der Waals surface area contributed by atoms with Crippen LogP contribution in [0.15, 0.2) is 23.3 Å².